The van der Waals surface area contributed by atoms with E-state index >= 15 is 0 Å². The smallest absolute Gasteiger partial charge is 0.346 e. The Bertz CT molecular complexity index is 674. The zero-order valence-electron chi connectivity index (χ0n) is 17.1. The fraction of sp³-hybridized carbons (Fsp3) is 0.600. The van der Waals surface area contributed by atoms with Gasteiger partial charge in [-0.2, -0.15) is 0 Å². The van der Waals surface area contributed by atoms with Gasteiger partial charge in [0.2, 0.25) is 6.61 Å². The molecule has 0 N–H and O–H groups in total. The molecule has 1 aliphatic heterocycles. The van der Waals surface area contributed by atoms with Crippen molar-refractivity contribution >= 4 is 23.4 Å². The Morgan fingerprint density at radius 2 is 1.85 bits per heavy atom. The number of hydrogen-bond donors (Lipinski definition) is 0. The Balaban J connectivity index is 2.43. The third kappa shape index (κ3) is 5.24. The first-order valence-corrected chi connectivity index (χ1v) is 10.3. The second-order valence-electron chi connectivity index (χ2n) is 7.09. The first kappa shape index (κ1) is 21.7. The maximum atomic E-state index is 11.4. The van der Waals surface area contributed by atoms with Gasteiger partial charge in [0, 0.05) is 23.5 Å². The predicted molar refractivity (Wildman–Crippen MR) is 109 cm³/mol. The highest BCUT2D eigenvalue weighted by molar-refractivity contribution is 7.98. The summed E-state index contributed by atoms with van der Waals surface area (Å²) in [5.74, 6) is -0.452. The molecule has 0 aliphatic carbocycles. The third-order valence-corrected chi connectivity index (χ3v) is 5.94. The normalized spacial score (nSPS) is 16.3. The van der Waals surface area contributed by atoms with E-state index in [-0.39, 0.29) is 12.1 Å². The molecule has 0 atom stereocenters. The summed E-state index contributed by atoms with van der Waals surface area (Å²) in [5, 5.41) is 4.39. The number of aryl methyl sites for hydroxylation is 2. The fourth-order valence-corrected chi connectivity index (χ4v) is 4.17. The number of thioether (sulfide) groups is 1. The van der Waals surface area contributed by atoms with Crippen molar-refractivity contribution in [1.82, 2.24) is 4.90 Å². The van der Waals surface area contributed by atoms with Crippen LogP contribution >= 0.6 is 11.8 Å². The van der Waals surface area contributed by atoms with Gasteiger partial charge in [0.1, 0.15) is 5.71 Å². The highest BCUT2D eigenvalue weighted by Gasteiger charge is 2.35. The largest absolute Gasteiger partial charge is 0.466 e. The molecule has 1 fully saturated rings. The number of carbonyl (C=O) groups excluding carboxylic acids is 1. The molecule has 1 aromatic rings. The molecule has 0 bridgehead atoms. The van der Waals surface area contributed by atoms with Crippen LogP contribution in [0.5, 0.6) is 0 Å². The van der Waals surface area contributed by atoms with Crippen LogP contribution in [0, 0.1) is 13.8 Å². The van der Waals surface area contributed by atoms with Gasteiger partial charge in [-0.1, -0.05) is 5.16 Å². The number of ether oxygens (including phenoxy) is 2. The average molecular weight is 395 g/mol. The molecule has 0 aromatic heterocycles. The minimum Gasteiger partial charge on any atom is -0.466 e. The second-order valence-corrected chi connectivity index (χ2v) is 7.91. The van der Waals surface area contributed by atoms with Crippen molar-refractivity contribution in [3.05, 3.63) is 28.8 Å². The molecular weight excluding hydrogens is 364 g/mol. The molecule has 0 unspecified atom stereocenters. The van der Waals surface area contributed by atoms with Crippen molar-refractivity contribution in [2.24, 2.45) is 5.16 Å². The quantitative estimate of drug-likeness (QED) is 0.307. The fourth-order valence-electron chi connectivity index (χ4n) is 3.41. The monoisotopic (exact) mass is 394 g/mol. The van der Waals surface area contributed by atoms with Crippen LogP contribution < -0.4 is 0 Å². The van der Waals surface area contributed by atoms with Crippen LogP contribution in [0.15, 0.2) is 22.2 Å². The van der Waals surface area contributed by atoms with Gasteiger partial charge in [-0.05, 0) is 57.2 Å². The standard InChI is InChI=1S/C20H30N2O4S/c1-14-11-16(12-15(2)18(14)27-6)19(21-26-13-17(23)24-5)20(3,4)22-7-9-25-10-8-22/h11-12H,7-10,13H2,1-6H3/b21-19-. The molecule has 0 amide bonds. The van der Waals surface area contributed by atoms with Crippen molar-refractivity contribution in [2.75, 3.05) is 46.3 Å². The first-order valence-electron chi connectivity index (χ1n) is 9.07. The van der Waals surface area contributed by atoms with Gasteiger partial charge in [0.25, 0.3) is 0 Å². The van der Waals surface area contributed by atoms with Crippen LogP contribution in [0.4, 0.5) is 0 Å². The zero-order chi connectivity index (χ0) is 20.0. The lowest BCUT2D eigenvalue weighted by atomic mass is 9.88. The lowest BCUT2D eigenvalue weighted by molar-refractivity contribution is -0.145. The molecular formula is C20H30N2O4S. The number of esters is 1. The Labute approximate surface area is 166 Å². The van der Waals surface area contributed by atoms with Crippen LogP contribution in [0.3, 0.4) is 0 Å². The summed E-state index contributed by atoms with van der Waals surface area (Å²) in [5.41, 5.74) is 3.84. The molecule has 1 aliphatic rings. The van der Waals surface area contributed by atoms with Crippen molar-refractivity contribution in [1.29, 1.82) is 0 Å². The van der Waals surface area contributed by atoms with E-state index in [4.69, 9.17) is 9.57 Å². The molecule has 0 saturated carbocycles. The van der Waals surface area contributed by atoms with Crippen LogP contribution in [0.1, 0.15) is 30.5 Å². The lowest BCUT2D eigenvalue weighted by Gasteiger charge is -2.41. The zero-order valence-corrected chi connectivity index (χ0v) is 17.9. The van der Waals surface area contributed by atoms with Gasteiger partial charge in [-0.25, -0.2) is 4.79 Å². The Morgan fingerprint density at radius 1 is 1.26 bits per heavy atom. The summed E-state index contributed by atoms with van der Waals surface area (Å²) in [6.45, 7) is 11.3. The lowest BCUT2D eigenvalue weighted by Crippen LogP contribution is -2.54. The summed E-state index contributed by atoms with van der Waals surface area (Å²) in [6.07, 6.45) is 2.08. The van der Waals surface area contributed by atoms with E-state index in [1.807, 2.05) is 0 Å². The molecule has 2 rings (SSSR count). The van der Waals surface area contributed by atoms with Gasteiger partial charge >= 0.3 is 5.97 Å². The Hall–Kier alpha value is -1.57. The number of nitrogens with zero attached hydrogens (tertiary/aromatic N) is 2. The molecule has 1 saturated heterocycles. The number of rotatable bonds is 7. The number of carbonyl (C=O) groups is 1. The van der Waals surface area contributed by atoms with E-state index in [9.17, 15) is 4.79 Å². The Morgan fingerprint density at radius 3 is 2.37 bits per heavy atom. The van der Waals surface area contributed by atoms with E-state index in [0.29, 0.717) is 13.2 Å². The van der Waals surface area contributed by atoms with Crippen LogP contribution in [-0.2, 0) is 19.1 Å². The summed E-state index contributed by atoms with van der Waals surface area (Å²) >= 11 is 1.74. The van der Waals surface area contributed by atoms with E-state index in [0.717, 1.165) is 24.4 Å². The van der Waals surface area contributed by atoms with Crippen molar-refractivity contribution in [3.63, 3.8) is 0 Å². The first-order chi connectivity index (χ1) is 12.8. The van der Waals surface area contributed by atoms with Gasteiger partial charge in [0.05, 0.1) is 25.9 Å². The minimum absolute atomic E-state index is 0.208. The highest BCUT2D eigenvalue weighted by atomic mass is 32.2. The van der Waals surface area contributed by atoms with Gasteiger partial charge in [-0.15, -0.1) is 11.8 Å². The molecule has 150 valence electrons. The molecule has 7 heteroatoms. The minimum atomic E-state index is -0.452. The average Bonchev–Trinajstić information content (AvgIpc) is 2.65. The number of benzene rings is 1. The van der Waals surface area contributed by atoms with E-state index < -0.39 is 5.97 Å². The Kier molecular flexibility index (Phi) is 7.70. The number of oxime groups is 1. The van der Waals surface area contributed by atoms with Crippen LogP contribution in [0.2, 0.25) is 0 Å². The van der Waals surface area contributed by atoms with Gasteiger partial charge in [0.15, 0.2) is 0 Å². The maximum Gasteiger partial charge on any atom is 0.346 e. The molecule has 1 aromatic carbocycles. The second kappa shape index (κ2) is 9.57. The molecule has 1 heterocycles. The van der Waals surface area contributed by atoms with Gasteiger partial charge in [-0.3, -0.25) is 4.90 Å². The number of morpholine rings is 1. The summed E-state index contributed by atoms with van der Waals surface area (Å²) < 4.78 is 10.1. The number of methoxy groups -OCH3 is 1. The SMILES string of the molecule is COC(=O)CO/N=C(/c1cc(C)c(SC)c(C)c1)C(C)(C)N1CCOCC1. The van der Waals surface area contributed by atoms with E-state index in [1.165, 1.54) is 23.1 Å². The summed E-state index contributed by atoms with van der Waals surface area (Å²) in [7, 11) is 1.34. The predicted octanol–water partition coefficient (Wildman–Crippen LogP) is 3.03. The topological polar surface area (TPSA) is 60.4 Å². The third-order valence-electron chi connectivity index (χ3n) is 4.88. The summed E-state index contributed by atoms with van der Waals surface area (Å²) in [6, 6.07) is 4.28. The molecule has 6 nitrogen and oxygen atoms in total. The van der Waals surface area contributed by atoms with Crippen molar-refractivity contribution < 1.29 is 19.1 Å². The van der Waals surface area contributed by atoms with E-state index in [2.05, 4.69) is 60.9 Å². The maximum absolute atomic E-state index is 11.4. The molecule has 27 heavy (non-hydrogen) atoms. The van der Waals surface area contributed by atoms with Crippen LogP contribution in [-0.4, -0.2) is 68.4 Å². The highest BCUT2D eigenvalue weighted by Crippen LogP contribution is 2.29. The van der Waals surface area contributed by atoms with E-state index in [1.54, 1.807) is 11.8 Å². The molecule has 0 radical (unpaired) electrons. The van der Waals surface area contributed by atoms with Crippen LogP contribution in [0.25, 0.3) is 0 Å². The molecule has 0 spiro atoms. The summed E-state index contributed by atoms with van der Waals surface area (Å²) in [4.78, 5) is 20.4. The number of hydrogen-bond acceptors (Lipinski definition) is 7. The van der Waals surface area contributed by atoms with Crippen molar-refractivity contribution in [2.45, 2.75) is 38.1 Å². The van der Waals surface area contributed by atoms with Gasteiger partial charge < -0.3 is 14.3 Å². The van der Waals surface area contributed by atoms with Crippen molar-refractivity contribution in [3.8, 4) is 0 Å².